The minimum absolute atomic E-state index is 0.00963. The van der Waals surface area contributed by atoms with Gasteiger partial charge in [0, 0.05) is 17.2 Å². The molecule has 0 saturated carbocycles. The number of halogens is 3. The third-order valence-corrected chi connectivity index (χ3v) is 6.19. The zero-order valence-electron chi connectivity index (χ0n) is 17.1. The molecule has 0 amide bonds. The van der Waals surface area contributed by atoms with Crippen molar-refractivity contribution in [2.45, 2.75) is 23.9 Å². The fourth-order valence-corrected chi connectivity index (χ4v) is 4.38. The van der Waals surface area contributed by atoms with Crippen LogP contribution in [0.2, 0.25) is 0 Å². The highest BCUT2D eigenvalue weighted by Gasteiger charge is 2.16. The second kappa shape index (κ2) is 9.91. The highest BCUT2D eigenvalue weighted by molar-refractivity contribution is 7.99. The van der Waals surface area contributed by atoms with Crippen LogP contribution in [-0.2, 0) is 0 Å². The van der Waals surface area contributed by atoms with Crippen molar-refractivity contribution < 1.29 is 13.2 Å². The van der Waals surface area contributed by atoms with Crippen molar-refractivity contribution in [1.29, 1.82) is 0 Å². The molecule has 0 saturated heterocycles. The molecule has 4 rings (SSSR count). The number of hydrogen-bond acceptors (Lipinski definition) is 4. The lowest BCUT2D eigenvalue weighted by Gasteiger charge is -2.18. The molecule has 0 unspecified atom stereocenters. The number of hydrogen-bond donors (Lipinski definition) is 1. The molecule has 32 heavy (non-hydrogen) atoms. The first-order valence-corrected chi connectivity index (χ1v) is 11.1. The average molecular weight is 455 g/mol. The lowest BCUT2D eigenvalue weighted by atomic mass is 9.88. The van der Waals surface area contributed by atoms with Crippen LogP contribution in [0, 0.1) is 17.5 Å². The van der Waals surface area contributed by atoms with E-state index in [1.807, 2.05) is 0 Å². The summed E-state index contributed by atoms with van der Waals surface area (Å²) in [6.45, 7) is 0. The first kappa shape index (κ1) is 22.0. The molecule has 0 aliphatic rings. The molecule has 1 heterocycles. The van der Waals surface area contributed by atoms with E-state index < -0.39 is 0 Å². The molecule has 0 aliphatic heterocycles. The van der Waals surface area contributed by atoms with E-state index >= 15 is 0 Å². The fourth-order valence-electron chi connectivity index (χ4n) is 3.57. The van der Waals surface area contributed by atoms with E-state index in [1.54, 1.807) is 36.4 Å². The highest BCUT2D eigenvalue weighted by Crippen LogP contribution is 2.31. The van der Waals surface area contributed by atoms with Crippen molar-refractivity contribution in [3.63, 3.8) is 0 Å². The Kier molecular flexibility index (Phi) is 6.80. The maximum Gasteiger partial charge on any atom is 0.210 e. The Balaban J connectivity index is 1.42. The lowest BCUT2D eigenvalue weighted by Crippen LogP contribution is -2.11. The molecule has 2 N–H and O–H groups in total. The van der Waals surface area contributed by atoms with Crippen molar-refractivity contribution in [1.82, 2.24) is 14.9 Å². The summed E-state index contributed by atoms with van der Waals surface area (Å²) in [4.78, 5) is 0. The van der Waals surface area contributed by atoms with Gasteiger partial charge < -0.3 is 5.84 Å². The number of aromatic nitrogens is 3. The molecule has 0 fully saturated rings. The number of nitrogen functional groups attached to an aromatic ring is 1. The summed E-state index contributed by atoms with van der Waals surface area (Å²) in [7, 11) is 0. The molecule has 0 atom stereocenters. The molecule has 0 aliphatic carbocycles. The summed E-state index contributed by atoms with van der Waals surface area (Å²) in [6.07, 6.45) is 1.59. The molecular weight excluding hydrogens is 433 g/mol. The first-order valence-electron chi connectivity index (χ1n) is 10.1. The van der Waals surface area contributed by atoms with Gasteiger partial charge in [0.15, 0.2) is 5.82 Å². The van der Waals surface area contributed by atoms with Gasteiger partial charge in [-0.1, -0.05) is 48.2 Å². The highest BCUT2D eigenvalue weighted by atomic mass is 32.2. The van der Waals surface area contributed by atoms with Crippen LogP contribution in [0.5, 0.6) is 0 Å². The third-order valence-electron chi connectivity index (χ3n) is 5.16. The Morgan fingerprint density at radius 3 is 2.03 bits per heavy atom. The largest absolute Gasteiger partial charge is 0.335 e. The monoisotopic (exact) mass is 454 g/mol. The molecule has 4 nitrogen and oxygen atoms in total. The van der Waals surface area contributed by atoms with Gasteiger partial charge in [0.05, 0.1) is 0 Å². The summed E-state index contributed by atoms with van der Waals surface area (Å²) in [5, 5.41) is 8.73. The summed E-state index contributed by atoms with van der Waals surface area (Å²) < 4.78 is 41.6. The molecule has 4 aromatic rings. The van der Waals surface area contributed by atoms with Crippen LogP contribution in [0.1, 0.15) is 29.9 Å². The van der Waals surface area contributed by atoms with Crippen molar-refractivity contribution in [2.24, 2.45) is 0 Å². The van der Waals surface area contributed by atoms with Crippen molar-refractivity contribution in [2.75, 3.05) is 11.6 Å². The number of nitrogens with two attached hydrogens (primary N) is 1. The van der Waals surface area contributed by atoms with Gasteiger partial charge in [0.25, 0.3) is 0 Å². The third kappa shape index (κ3) is 5.13. The Bertz CT molecular complexity index is 1130. The maximum absolute atomic E-state index is 13.5. The summed E-state index contributed by atoms with van der Waals surface area (Å²) >= 11 is 1.45. The van der Waals surface area contributed by atoms with E-state index in [2.05, 4.69) is 10.2 Å². The SMILES string of the molecule is Nn1c(SCCCC(c2ccc(F)cc2)c2ccc(F)cc2)nnc1-c1cccc(F)c1. The molecule has 0 radical (unpaired) electrons. The van der Waals surface area contributed by atoms with Crippen LogP contribution >= 0.6 is 11.8 Å². The van der Waals surface area contributed by atoms with Gasteiger partial charge in [0.1, 0.15) is 17.5 Å². The molecule has 0 bridgehead atoms. The van der Waals surface area contributed by atoms with Gasteiger partial charge in [-0.25, -0.2) is 17.8 Å². The summed E-state index contributed by atoms with van der Waals surface area (Å²) in [5.74, 6) is 6.28. The molecule has 0 spiro atoms. The van der Waals surface area contributed by atoms with Crippen molar-refractivity contribution >= 4 is 11.8 Å². The van der Waals surface area contributed by atoms with Crippen LogP contribution in [0.4, 0.5) is 13.2 Å². The van der Waals surface area contributed by atoms with Gasteiger partial charge in [-0.15, -0.1) is 10.2 Å². The molecule has 1 aromatic heterocycles. The number of thioether (sulfide) groups is 1. The summed E-state index contributed by atoms with van der Waals surface area (Å²) in [5.41, 5.74) is 2.50. The van der Waals surface area contributed by atoms with Crippen molar-refractivity contribution in [3.05, 3.63) is 101 Å². The summed E-state index contributed by atoms with van der Waals surface area (Å²) in [6, 6.07) is 18.8. The van der Waals surface area contributed by atoms with E-state index in [1.165, 1.54) is 52.8 Å². The molecular formula is C24H21F3N4S. The van der Waals surface area contributed by atoms with Crippen molar-refractivity contribution in [3.8, 4) is 11.4 Å². The zero-order valence-corrected chi connectivity index (χ0v) is 17.9. The van der Waals surface area contributed by atoms with E-state index in [4.69, 9.17) is 5.84 Å². The lowest BCUT2D eigenvalue weighted by molar-refractivity contribution is 0.621. The van der Waals surface area contributed by atoms with Crippen LogP contribution in [0.25, 0.3) is 11.4 Å². The van der Waals surface area contributed by atoms with Gasteiger partial charge in [-0.2, -0.15) is 0 Å². The molecule has 8 heteroatoms. The first-order chi connectivity index (χ1) is 15.5. The topological polar surface area (TPSA) is 56.7 Å². The predicted molar refractivity (Wildman–Crippen MR) is 120 cm³/mol. The minimum Gasteiger partial charge on any atom is -0.335 e. The Morgan fingerprint density at radius 2 is 1.44 bits per heavy atom. The quantitative estimate of drug-likeness (QED) is 0.208. The number of rotatable bonds is 8. The maximum atomic E-state index is 13.5. The smallest absolute Gasteiger partial charge is 0.210 e. The Labute approximate surface area is 188 Å². The van der Waals surface area contributed by atoms with Gasteiger partial charge in [-0.05, 0) is 60.4 Å². The average Bonchev–Trinajstić information content (AvgIpc) is 3.16. The second-order valence-electron chi connectivity index (χ2n) is 7.33. The predicted octanol–water partition coefficient (Wildman–Crippen LogP) is 5.78. The Hall–Kier alpha value is -3.26. The van der Waals surface area contributed by atoms with E-state index in [0.29, 0.717) is 16.5 Å². The van der Waals surface area contributed by atoms with Crippen LogP contribution < -0.4 is 5.84 Å². The molecule has 3 aromatic carbocycles. The minimum atomic E-state index is -0.368. The van der Waals surface area contributed by atoms with Crippen LogP contribution in [0.3, 0.4) is 0 Å². The fraction of sp³-hybridized carbons (Fsp3) is 0.167. The zero-order chi connectivity index (χ0) is 22.5. The van der Waals surface area contributed by atoms with Gasteiger partial charge in [-0.3, -0.25) is 0 Å². The number of benzene rings is 3. The standard InChI is InChI=1S/C24H21F3N4S/c25-19-10-6-16(7-11-19)22(17-8-12-20(26)13-9-17)5-2-14-32-24-30-29-23(31(24)28)18-3-1-4-21(27)15-18/h1,3-4,6-13,15,22H,2,5,14,28H2. The number of nitrogens with zero attached hydrogens (tertiary/aromatic N) is 3. The second-order valence-corrected chi connectivity index (χ2v) is 8.39. The van der Waals surface area contributed by atoms with Gasteiger partial charge >= 0.3 is 0 Å². The Morgan fingerprint density at radius 1 is 0.812 bits per heavy atom. The normalized spacial score (nSPS) is 11.2. The van der Waals surface area contributed by atoms with E-state index in [9.17, 15) is 13.2 Å². The van der Waals surface area contributed by atoms with Crippen LogP contribution in [-0.4, -0.2) is 20.6 Å². The van der Waals surface area contributed by atoms with E-state index in [0.717, 1.165) is 29.7 Å². The molecule has 164 valence electrons. The van der Waals surface area contributed by atoms with E-state index in [-0.39, 0.29) is 23.4 Å². The van der Waals surface area contributed by atoms with Crippen LogP contribution in [0.15, 0.2) is 78.0 Å². The van der Waals surface area contributed by atoms with Gasteiger partial charge in [0.2, 0.25) is 5.16 Å².